The number of carbonyl (C=O) groups excluding carboxylic acids is 2. The first-order chi connectivity index (χ1) is 16.0. The van der Waals surface area contributed by atoms with Gasteiger partial charge in [0.05, 0.1) is 12.8 Å². The molecule has 0 aliphatic rings. The van der Waals surface area contributed by atoms with E-state index in [-0.39, 0.29) is 17.3 Å². The molecule has 0 fully saturated rings. The van der Waals surface area contributed by atoms with Gasteiger partial charge in [-0.25, -0.2) is 0 Å². The van der Waals surface area contributed by atoms with E-state index in [1.807, 2.05) is 44.2 Å². The summed E-state index contributed by atoms with van der Waals surface area (Å²) in [6, 6.07) is 19.7. The highest BCUT2D eigenvalue weighted by Gasteiger charge is 2.26. The largest absolute Gasteiger partial charge is 0.497 e. The highest BCUT2D eigenvalue weighted by Crippen LogP contribution is 2.34. The molecule has 2 aromatic heterocycles. The predicted octanol–water partition coefficient (Wildman–Crippen LogP) is 6.29. The van der Waals surface area contributed by atoms with Gasteiger partial charge in [-0.3, -0.25) is 9.59 Å². The zero-order valence-electron chi connectivity index (χ0n) is 18.4. The normalized spacial score (nSPS) is 11.1. The molecule has 0 aliphatic heterocycles. The van der Waals surface area contributed by atoms with E-state index in [9.17, 15) is 9.59 Å². The lowest BCUT2D eigenvalue weighted by atomic mass is 10.1. The van der Waals surface area contributed by atoms with Gasteiger partial charge in [0.2, 0.25) is 5.78 Å². The molecule has 5 aromatic rings. The maximum Gasteiger partial charge on any atom is 0.291 e. The predicted molar refractivity (Wildman–Crippen MR) is 126 cm³/mol. The Balaban J connectivity index is 1.57. The van der Waals surface area contributed by atoms with Crippen LogP contribution in [0.5, 0.6) is 5.75 Å². The number of fused-ring (bicyclic) bond motifs is 2. The Bertz CT molecular complexity index is 1520. The highest BCUT2D eigenvalue weighted by atomic mass is 16.5. The molecule has 0 radical (unpaired) electrons. The quantitative estimate of drug-likeness (QED) is 0.326. The fourth-order valence-corrected chi connectivity index (χ4v) is 3.92. The standard InChI is InChI=1S/C27H21NO5/c1-15-8-13-22-20(14-15)16(2)25(32-22)27(30)28-23-19-6-4-5-7-21(19)33-26(23)24(29)17-9-11-18(31-3)12-10-17/h4-14H,1-3H3,(H,28,30). The number of amides is 1. The van der Waals surface area contributed by atoms with Gasteiger partial charge in [0, 0.05) is 21.9 Å². The van der Waals surface area contributed by atoms with Crippen molar-refractivity contribution in [1.29, 1.82) is 0 Å². The van der Waals surface area contributed by atoms with Crippen molar-refractivity contribution in [3.63, 3.8) is 0 Å². The van der Waals surface area contributed by atoms with Crippen LogP contribution in [0.1, 0.15) is 37.8 Å². The minimum absolute atomic E-state index is 0.0549. The zero-order chi connectivity index (χ0) is 23.1. The van der Waals surface area contributed by atoms with E-state index in [2.05, 4.69) is 5.32 Å². The molecule has 0 bridgehead atoms. The Morgan fingerprint density at radius 3 is 2.27 bits per heavy atom. The van der Waals surface area contributed by atoms with Crippen LogP contribution in [-0.2, 0) is 0 Å². The van der Waals surface area contributed by atoms with Gasteiger partial charge in [0.25, 0.3) is 5.91 Å². The van der Waals surface area contributed by atoms with Gasteiger partial charge in [0.1, 0.15) is 16.9 Å². The molecule has 6 heteroatoms. The van der Waals surface area contributed by atoms with E-state index < -0.39 is 5.91 Å². The number of anilines is 1. The fourth-order valence-electron chi connectivity index (χ4n) is 3.92. The van der Waals surface area contributed by atoms with Crippen LogP contribution in [-0.4, -0.2) is 18.8 Å². The van der Waals surface area contributed by atoms with Crippen LogP contribution in [0.2, 0.25) is 0 Å². The number of furan rings is 2. The third-order valence-electron chi connectivity index (χ3n) is 5.69. The third-order valence-corrected chi connectivity index (χ3v) is 5.69. The summed E-state index contributed by atoms with van der Waals surface area (Å²) in [5, 5.41) is 4.38. The molecule has 0 aliphatic carbocycles. The number of rotatable bonds is 5. The summed E-state index contributed by atoms with van der Waals surface area (Å²) in [6.07, 6.45) is 0. The Morgan fingerprint density at radius 2 is 1.52 bits per heavy atom. The van der Waals surface area contributed by atoms with Gasteiger partial charge < -0.3 is 18.9 Å². The van der Waals surface area contributed by atoms with Gasteiger partial charge in [-0.05, 0) is 62.4 Å². The SMILES string of the molecule is COc1ccc(C(=O)c2oc3ccccc3c2NC(=O)c2oc3ccc(C)cc3c2C)cc1. The first-order valence-corrected chi connectivity index (χ1v) is 10.5. The molecule has 6 nitrogen and oxygen atoms in total. The van der Waals surface area contributed by atoms with Crippen molar-refractivity contribution >= 4 is 39.3 Å². The van der Waals surface area contributed by atoms with Crippen molar-refractivity contribution in [3.8, 4) is 5.75 Å². The number of nitrogens with one attached hydrogen (secondary N) is 1. The first kappa shape index (κ1) is 20.6. The molecule has 3 aromatic carbocycles. The summed E-state index contributed by atoms with van der Waals surface area (Å²) in [5.74, 6) is 0.0983. The summed E-state index contributed by atoms with van der Waals surface area (Å²) < 4.78 is 16.9. The molecule has 1 amide bonds. The summed E-state index contributed by atoms with van der Waals surface area (Å²) in [7, 11) is 1.56. The molecule has 0 atom stereocenters. The average Bonchev–Trinajstić information content (AvgIpc) is 3.36. The molecule has 1 N–H and O–H groups in total. The van der Waals surface area contributed by atoms with Gasteiger partial charge in [0.15, 0.2) is 11.5 Å². The summed E-state index contributed by atoms with van der Waals surface area (Å²) in [4.78, 5) is 26.5. The van der Waals surface area contributed by atoms with Crippen molar-refractivity contribution in [2.75, 3.05) is 12.4 Å². The minimum atomic E-state index is -0.448. The second-order valence-corrected chi connectivity index (χ2v) is 7.87. The lowest BCUT2D eigenvalue weighted by molar-refractivity contribution is 0.0997. The lowest BCUT2D eigenvalue weighted by Gasteiger charge is -2.06. The molecular formula is C27H21NO5. The van der Waals surface area contributed by atoms with E-state index in [1.54, 1.807) is 43.5 Å². The molecule has 2 heterocycles. The number of ketones is 1. The number of carbonyl (C=O) groups is 2. The smallest absolute Gasteiger partial charge is 0.291 e. The van der Waals surface area contributed by atoms with Crippen molar-refractivity contribution in [1.82, 2.24) is 0 Å². The van der Waals surface area contributed by atoms with E-state index >= 15 is 0 Å². The van der Waals surface area contributed by atoms with E-state index in [4.69, 9.17) is 13.6 Å². The number of hydrogen-bond donors (Lipinski definition) is 1. The van der Waals surface area contributed by atoms with Gasteiger partial charge >= 0.3 is 0 Å². The molecule has 164 valence electrons. The van der Waals surface area contributed by atoms with Crippen LogP contribution >= 0.6 is 0 Å². The van der Waals surface area contributed by atoms with Crippen LogP contribution < -0.4 is 10.1 Å². The minimum Gasteiger partial charge on any atom is -0.497 e. The average molecular weight is 439 g/mol. The van der Waals surface area contributed by atoms with Gasteiger partial charge in [-0.15, -0.1) is 0 Å². The fraction of sp³-hybridized carbons (Fsp3) is 0.111. The second kappa shape index (κ2) is 7.98. The van der Waals surface area contributed by atoms with E-state index in [0.717, 1.165) is 16.5 Å². The third kappa shape index (κ3) is 3.55. The molecule has 0 saturated heterocycles. The molecule has 0 unspecified atom stereocenters. The Labute approximate surface area is 189 Å². The lowest BCUT2D eigenvalue weighted by Crippen LogP contribution is -2.14. The molecule has 5 rings (SSSR count). The second-order valence-electron chi connectivity index (χ2n) is 7.87. The monoisotopic (exact) mass is 439 g/mol. The number of methoxy groups -OCH3 is 1. The van der Waals surface area contributed by atoms with Crippen LogP contribution in [0.15, 0.2) is 75.6 Å². The van der Waals surface area contributed by atoms with Crippen molar-refractivity contribution < 1.29 is 23.2 Å². The first-order valence-electron chi connectivity index (χ1n) is 10.5. The van der Waals surface area contributed by atoms with Crippen molar-refractivity contribution in [2.45, 2.75) is 13.8 Å². The summed E-state index contributed by atoms with van der Waals surface area (Å²) in [6.45, 7) is 3.83. The maximum atomic E-state index is 13.3. The Hall–Kier alpha value is -4.32. The summed E-state index contributed by atoms with van der Waals surface area (Å²) in [5.41, 5.74) is 3.68. The number of para-hydroxylation sites is 1. The van der Waals surface area contributed by atoms with Crippen molar-refractivity contribution in [2.24, 2.45) is 0 Å². The maximum absolute atomic E-state index is 13.3. The van der Waals surface area contributed by atoms with Gasteiger partial charge in [-0.1, -0.05) is 23.8 Å². The van der Waals surface area contributed by atoms with Crippen LogP contribution in [0, 0.1) is 13.8 Å². The summed E-state index contributed by atoms with van der Waals surface area (Å²) >= 11 is 0. The zero-order valence-corrected chi connectivity index (χ0v) is 18.4. The number of ether oxygens (including phenoxy) is 1. The highest BCUT2D eigenvalue weighted by molar-refractivity contribution is 6.19. The van der Waals surface area contributed by atoms with Gasteiger partial charge in [-0.2, -0.15) is 0 Å². The van der Waals surface area contributed by atoms with Crippen molar-refractivity contribution in [3.05, 3.63) is 94.9 Å². The van der Waals surface area contributed by atoms with Crippen LogP contribution in [0.4, 0.5) is 5.69 Å². The van der Waals surface area contributed by atoms with Crippen LogP contribution in [0.25, 0.3) is 21.9 Å². The Kier molecular flexibility index (Phi) is 4.98. The molecular weight excluding hydrogens is 418 g/mol. The van der Waals surface area contributed by atoms with Crippen LogP contribution in [0.3, 0.4) is 0 Å². The number of benzene rings is 3. The molecule has 33 heavy (non-hydrogen) atoms. The number of hydrogen-bond acceptors (Lipinski definition) is 5. The molecule has 0 spiro atoms. The van der Waals surface area contributed by atoms with E-state index in [0.29, 0.717) is 33.6 Å². The topological polar surface area (TPSA) is 81.7 Å². The Morgan fingerprint density at radius 1 is 0.818 bits per heavy atom. The van der Waals surface area contributed by atoms with E-state index in [1.165, 1.54) is 0 Å². The molecule has 0 saturated carbocycles. The number of aryl methyl sites for hydroxylation is 2.